The normalized spacial score (nSPS) is 19.0. The Morgan fingerprint density at radius 3 is 2.64 bits per heavy atom. The van der Waals surface area contributed by atoms with Crippen LogP contribution in [0, 0.1) is 0 Å². The van der Waals surface area contributed by atoms with E-state index < -0.39 is 0 Å². The molecule has 5 heteroatoms. The molecule has 1 unspecified atom stereocenters. The highest BCUT2D eigenvalue weighted by molar-refractivity contribution is 5.10. The molecule has 82 valence electrons. The quantitative estimate of drug-likeness (QED) is 0.377. The summed E-state index contributed by atoms with van der Waals surface area (Å²) >= 11 is 0. The first-order valence-corrected chi connectivity index (χ1v) is 4.65. The third-order valence-electron chi connectivity index (χ3n) is 2.28. The Bertz CT molecular complexity index is 192. The molecule has 1 aliphatic heterocycles. The summed E-state index contributed by atoms with van der Waals surface area (Å²) in [4.78, 5) is 0. The molecule has 0 amide bonds. The van der Waals surface area contributed by atoms with Gasteiger partial charge < -0.3 is 14.2 Å². The van der Waals surface area contributed by atoms with Gasteiger partial charge in [0.05, 0.1) is 18.9 Å². The van der Waals surface area contributed by atoms with Gasteiger partial charge in [-0.1, -0.05) is 0 Å². The number of nitrogens with two attached hydrogens (primary N) is 1. The van der Waals surface area contributed by atoms with Crippen LogP contribution in [0.15, 0.2) is 11.8 Å². The third-order valence-corrected chi connectivity index (χ3v) is 2.28. The summed E-state index contributed by atoms with van der Waals surface area (Å²) in [5.74, 6) is 5.45. The molecule has 0 radical (unpaired) electrons. The SMILES string of the molecule is COC(OC)C(NN)C1=COCCC1. The van der Waals surface area contributed by atoms with Crippen LogP contribution in [0.5, 0.6) is 0 Å². The lowest BCUT2D eigenvalue weighted by molar-refractivity contribution is -0.117. The zero-order chi connectivity index (χ0) is 10.4. The van der Waals surface area contributed by atoms with Gasteiger partial charge in [-0.2, -0.15) is 0 Å². The van der Waals surface area contributed by atoms with E-state index in [-0.39, 0.29) is 12.3 Å². The molecule has 5 nitrogen and oxygen atoms in total. The molecule has 0 saturated carbocycles. The Balaban J connectivity index is 2.63. The van der Waals surface area contributed by atoms with Crippen LogP contribution < -0.4 is 11.3 Å². The number of hydrazine groups is 1. The Labute approximate surface area is 84.2 Å². The average molecular weight is 202 g/mol. The highest BCUT2D eigenvalue weighted by atomic mass is 16.7. The number of methoxy groups -OCH3 is 2. The van der Waals surface area contributed by atoms with Gasteiger partial charge in [0, 0.05) is 14.2 Å². The van der Waals surface area contributed by atoms with Gasteiger partial charge in [0.1, 0.15) is 0 Å². The van der Waals surface area contributed by atoms with Crippen LogP contribution in [0.1, 0.15) is 12.8 Å². The maximum atomic E-state index is 5.45. The summed E-state index contributed by atoms with van der Waals surface area (Å²) < 4.78 is 15.5. The van der Waals surface area contributed by atoms with Crippen LogP contribution in [0.2, 0.25) is 0 Å². The zero-order valence-corrected chi connectivity index (χ0v) is 8.66. The number of hydrogen-bond acceptors (Lipinski definition) is 5. The van der Waals surface area contributed by atoms with Crippen LogP contribution in [-0.2, 0) is 14.2 Å². The molecule has 0 aromatic rings. The lowest BCUT2D eigenvalue weighted by atomic mass is 10.0. The Morgan fingerprint density at radius 1 is 1.50 bits per heavy atom. The van der Waals surface area contributed by atoms with E-state index in [1.165, 1.54) is 0 Å². The molecule has 0 saturated heterocycles. The fourth-order valence-corrected chi connectivity index (χ4v) is 1.54. The molecule has 3 N–H and O–H groups in total. The first kappa shape index (κ1) is 11.5. The van der Waals surface area contributed by atoms with E-state index in [1.54, 1.807) is 20.5 Å². The van der Waals surface area contributed by atoms with Crippen LogP contribution in [0.4, 0.5) is 0 Å². The van der Waals surface area contributed by atoms with Gasteiger partial charge in [-0.25, -0.2) is 5.43 Å². The Kier molecular flexibility index (Phi) is 4.89. The van der Waals surface area contributed by atoms with Gasteiger partial charge in [-0.15, -0.1) is 0 Å². The average Bonchev–Trinajstić information content (AvgIpc) is 2.27. The van der Waals surface area contributed by atoms with E-state index in [0.29, 0.717) is 0 Å². The second kappa shape index (κ2) is 5.98. The molecule has 0 bridgehead atoms. The third kappa shape index (κ3) is 2.68. The van der Waals surface area contributed by atoms with Crippen molar-refractivity contribution in [2.45, 2.75) is 25.2 Å². The summed E-state index contributed by atoms with van der Waals surface area (Å²) in [6, 6.07) is -0.148. The van der Waals surface area contributed by atoms with Gasteiger partial charge in [0.2, 0.25) is 0 Å². The van der Waals surface area contributed by atoms with Crippen molar-refractivity contribution in [1.82, 2.24) is 5.43 Å². The standard InChI is InChI=1S/C9H18N2O3/c1-12-9(13-2)8(11-10)7-4-3-5-14-6-7/h6,8-9,11H,3-5,10H2,1-2H3. The predicted octanol–water partition coefficient (Wildman–Crippen LogP) is 0.131. The molecule has 0 aromatic heterocycles. The molecule has 0 aromatic carbocycles. The highest BCUT2D eigenvalue weighted by Gasteiger charge is 2.25. The molecule has 0 fully saturated rings. The summed E-state index contributed by atoms with van der Waals surface area (Å²) in [5, 5.41) is 0. The zero-order valence-electron chi connectivity index (χ0n) is 8.66. The van der Waals surface area contributed by atoms with E-state index in [0.717, 1.165) is 25.0 Å². The predicted molar refractivity (Wildman–Crippen MR) is 52.2 cm³/mol. The lowest BCUT2D eigenvalue weighted by Gasteiger charge is -2.27. The first-order valence-electron chi connectivity index (χ1n) is 4.65. The fraction of sp³-hybridized carbons (Fsp3) is 0.778. The summed E-state index contributed by atoms with van der Waals surface area (Å²) in [6.07, 6.45) is 3.31. The number of nitrogens with one attached hydrogen (secondary N) is 1. The van der Waals surface area contributed by atoms with Crippen LogP contribution in [-0.4, -0.2) is 33.2 Å². The van der Waals surface area contributed by atoms with E-state index >= 15 is 0 Å². The molecule has 1 heterocycles. The Morgan fingerprint density at radius 2 is 2.21 bits per heavy atom. The maximum absolute atomic E-state index is 5.45. The highest BCUT2D eigenvalue weighted by Crippen LogP contribution is 2.18. The van der Waals surface area contributed by atoms with E-state index in [1.807, 2.05) is 0 Å². The van der Waals surface area contributed by atoms with Crippen molar-refractivity contribution in [3.05, 3.63) is 11.8 Å². The Hall–Kier alpha value is -0.620. The van der Waals surface area contributed by atoms with Crippen molar-refractivity contribution in [3.63, 3.8) is 0 Å². The smallest absolute Gasteiger partial charge is 0.177 e. The number of hydrogen-bond donors (Lipinski definition) is 2. The van der Waals surface area contributed by atoms with E-state index in [9.17, 15) is 0 Å². The van der Waals surface area contributed by atoms with Gasteiger partial charge >= 0.3 is 0 Å². The second-order valence-corrected chi connectivity index (χ2v) is 3.15. The van der Waals surface area contributed by atoms with Crippen molar-refractivity contribution in [2.24, 2.45) is 5.84 Å². The van der Waals surface area contributed by atoms with Crippen molar-refractivity contribution in [1.29, 1.82) is 0 Å². The van der Waals surface area contributed by atoms with Crippen molar-refractivity contribution < 1.29 is 14.2 Å². The summed E-state index contributed by atoms with van der Waals surface area (Å²) in [6.45, 7) is 0.769. The second-order valence-electron chi connectivity index (χ2n) is 3.15. The molecule has 1 aliphatic rings. The van der Waals surface area contributed by atoms with Crippen LogP contribution in [0.25, 0.3) is 0 Å². The molecule has 1 rings (SSSR count). The molecular weight excluding hydrogens is 184 g/mol. The minimum atomic E-state index is -0.382. The molecule has 0 spiro atoms. The monoisotopic (exact) mass is 202 g/mol. The first-order chi connectivity index (χ1) is 6.83. The maximum Gasteiger partial charge on any atom is 0.177 e. The largest absolute Gasteiger partial charge is 0.501 e. The molecule has 14 heavy (non-hydrogen) atoms. The summed E-state index contributed by atoms with van der Waals surface area (Å²) in [7, 11) is 3.17. The molecular formula is C9H18N2O3. The molecule has 1 atom stereocenters. The fourth-order valence-electron chi connectivity index (χ4n) is 1.54. The topological polar surface area (TPSA) is 65.7 Å². The van der Waals surface area contributed by atoms with E-state index in [2.05, 4.69) is 5.43 Å². The van der Waals surface area contributed by atoms with Crippen LogP contribution >= 0.6 is 0 Å². The van der Waals surface area contributed by atoms with Crippen LogP contribution in [0.3, 0.4) is 0 Å². The van der Waals surface area contributed by atoms with Gasteiger partial charge in [-0.05, 0) is 18.4 Å². The van der Waals surface area contributed by atoms with E-state index in [4.69, 9.17) is 20.1 Å². The lowest BCUT2D eigenvalue weighted by Crippen LogP contribution is -2.47. The molecule has 0 aliphatic carbocycles. The minimum absolute atomic E-state index is 0.148. The number of rotatable bonds is 5. The summed E-state index contributed by atoms with van der Waals surface area (Å²) in [5.41, 5.74) is 3.75. The van der Waals surface area contributed by atoms with Gasteiger partial charge in [-0.3, -0.25) is 5.84 Å². The van der Waals surface area contributed by atoms with Crippen molar-refractivity contribution in [3.8, 4) is 0 Å². The van der Waals surface area contributed by atoms with Crippen molar-refractivity contribution >= 4 is 0 Å². The number of ether oxygens (including phenoxy) is 3. The van der Waals surface area contributed by atoms with Gasteiger partial charge in [0.25, 0.3) is 0 Å². The minimum Gasteiger partial charge on any atom is -0.501 e. The van der Waals surface area contributed by atoms with Crippen molar-refractivity contribution in [2.75, 3.05) is 20.8 Å². The van der Waals surface area contributed by atoms with Gasteiger partial charge in [0.15, 0.2) is 6.29 Å².